The lowest BCUT2D eigenvalue weighted by Crippen LogP contribution is -2.46. The van der Waals surface area contributed by atoms with Crippen molar-refractivity contribution < 1.29 is 19.7 Å². The predicted molar refractivity (Wildman–Crippen MR) is 123 cm³/mol. The molecule has 32 heavy (non-hydrogen) atoms. The van der Waals surface area contributed by atoms with Gasteiger partial charge in [0.1, 0.15) is 24.5 Å². The quantitative estimate of drug-likeness (QED) is 0.499. The molecule has 0 saturated heterocycles. The summed E-state index contributed by atoms with van der Waals surface area (Å²) in [4.78, 5) is 10.8. The number of aliphatic carboxylic acids is 1. The van der Waals surface area contributed by atoms with E-state index in [1.807, 2.05) is 0 Å². The highest BCUT2D eigenvalue weighted by Gasteiger charge is 2.21. The van der Waals surface area contributed by atoms with Gasteiger partial charge in [-0.3, -0.25) is 4.79 Å². The number of hydrogen-bond acceptors (Lipinski definition) is 5. The Balaban J connectivity index is 1.51. The first-order chi connectivity index (χ1) is 15.3. The van der Waals surface area contributed by atoms with Crippen LogP contribution in [0.3, 0.4) is 0 Å². The number of carboxylic acids is 1. The lowest BCUT2D eigenvalue weighted by molar-refractivity contribution is -0.136. The van der Waals surface area contributed by atoms with Crippen molar-refractivity contribution in [3.05, 3.63) is 64.2 Å². The molecule has 0 fully saturated rings. The molecule has 1 aliphatic carbocycles. The molecule has 6 heteroatoms. The monoisotopic (exact) mass is 436 g/mol. The number of aryl methyl sites for hydroxylation is 3. The van der Waals surface area contributed by atoms with Crippen LogP contribution in [0.5, 0.6) is 5.75 Å². The van der Waals surface area contributed by atoms with Crippen LogP contribution in [0.4, 0.5) is 0 Å². The molecular weight excluding hydrogens is 404 g/mol. The molecule has 3 rings (SSSR count). The Kier molecular flexibility index (Phi) is 7.89. The van der Waals surface area contributed by atoms with E-state index in [0.29, 0.717) is 24.3 Å². The van der Waals surface area contributed by atoms with Gasteiger partial charge in [0.2, 0.25) is 0 Å². The third kappa shape index (κ3) is 6.81. The number of nitrogens with one attached hydrogen (secondary N) is 1. The van der Waals surface area contributed by atoms with Gasteiger partial charge in [-0.25, -0.2) is 0 Å². The van der Waals surface area contributed by atoms with Gasteiger partial charge >= 0.3 is 5.97 Å². The van der Waals surface area contributed by atoms with Crippen LogP contribution in [0.2, 0.25) is 0 Å². The highest BCUT2D eigenvalue weighted by atomic mass is 16.5. The first kappa shape index (κ1) is 23.8. The number of carboxylic acid groups (broad SMARTS) is 1. The zero-order chi connectivity index (χ0) is 23.1. The summed E-state index contributed by atoms with van der Waals surface area (Å²) in [6, 6.07) is 13.9. The van der Waals surface area contributed by atoms with Gasteiger partial charge in [-0.1, -0.05) is 24.3 Å². The van der Waals surface area contributed by atoms with E-state index in [1.54, 1.807) is 18.2 Å². The van der Waals surface area contributed by atoms with Crippen LogP contribution in [0.1, 0.15) is 54.5 Å². The van der Waals surface area contributed by atoms with Crippen molar-refractivity contribution in [2.75, 3.05) is 13.2 Å². The molecule has 2 aromatic rings. The second-order valence-electron chi connectivity index (χ2n) is 9.20. The fraction of sp³-hybridized carbons (Fsp3) is 0.462. The molecule has 2 aromatic carbocycles. The minimum absolute atomic E-state index is 0.0111. The van der Waals surface area contributed by atoms with E-state index in [-0.39, 0.29) is 18.6 Å². The van der Waals surface area contributed by atoms with Crippen LogP contribution in [0.25, 0.3) is 0 Å². The molecule has 0 aliphatic heterocycles. The van der Waals surface area contributed by atoms with Crippen molar-refractivity contribution in [2.24, 2.45) is 0 Å². The number of rotatable bonds is 11. The molecule has 0 radical (unpaired) electrons. The molecule has 0 aromatic heterocycles. The molecule has 1 aliphatic rings. The highest BCUT2D eigenvalue weighted by Crippen LogP contribution is 2.25. The smallest absolute Gasteiger partial charge is 0.303 e. The van der Waals surface area contributed by atoms with Gasteiger partial charge in [0.25, 0.3) is 0 Å². The van der Waals surface area contributed by atoms with E-state index in [1.165, 1.54) is 29.5 Å². The van der Waals surface area contributed by atoms with Crippen LogP contribution in [0.15, 0.2) is 36.4 Å². The number of nitriles is 1. The number of nitrogens with zero attached hydrogens (tertiary/aromatic N) is 1. The van der Waals surface area contributed by atoms with Crippen LogP contribution in [-0.4, -0.2) is 41.0 Å². The molecule has 170 valence electrons. The van der Waals surface area contributed by atoms with Crippen molar-refractivity contribution in [1.29, 1.82) is 5.26 Å². The number of benzene rings is 2. The van der Waals surface area contributed by atoms with E-state index < -0.39 is 12.1 Å². The molecule has 0 unspecified atom stereocenters. The van der Waals surface area contributed by atoms with Crippen molar-refractivity contribution in [2.45, 2.75) is 64.0 Å². The van der Waals surface area contributed by atoms with Crippen molar-refractivity contribution >= 4 is 5.97 Å². The summed E-state index contributed by atoms with van der Waals surface area (Å²) in [6.07, 6.45) is 4.06. The van der Waals surface area contributed by atoms with Crippen molar-refractivity contribution in [1.82, 2.24) is 5.32 Å². The number of carbonyl (C=O) groups is 1. The topological polar surface area (TPSA) is 103 Å². The van der Waals surface area contributed by atoms with Crippen LogP contribution < -0.4 is 10.1 Å². The molecule has 0 bridgehead atoms. The fourth-order valence-electron chi connectivity index (χ4n) is 4.13. The Morgan fingerprint density at radius 1 is 1.19 bits per heavy atom. The van der Waals surface area contributed by atoms with Crippen LogP contribution in [-0.2, 0) is 30.5 Å². The lowest BCUT2D eigenvalue weighted by atomic mass is 9.93. The standard InChI is InChI=1S/C26H32N2O4/c1-26(2,14-19-7-9-20-4-3-5-21(20)12-19)28-16-23(29)17-32-24-13-18(8-11-25(30)31)6-10-22(24)15-27/h6-7,9-10,12-13,23,28-29H,3-5,8,11,14,16-17H2,1-2H3,(H,30,31)/t23-/m1/s1. The second-order valence-corrected chi connectivity index (χ2v) is 9.20. The molecule has 6 nitrogen and oxygen atoms in total. The molecule has 0 saturated carbocycles. The lowest BCUT2D eigenvalue weighted by Gasteiger charge is -2.28. The minimum atomic E-state index is -0.874. The molecule has 0 amide bonds. The summed E-state index contributed by atoms with van der Waals surface area (Å²) in [5.41, 5.74) is 5.18. The normalized spacial score (nSPS) is 13.9. The van der Waals surface area contributed by atoms with Gasteiger partial charge in [0.05, 0.1) is 5.56 Å². The van der Waals surface area contributed by atoms with Crippen molar-refractivity contribution in [3.8, 4) is 11.8 Å². The maximum absolute atomic E-state index is 10.8. The van der Waals surface area contributed by atoms with Gasteiger partial charge in [0.15, 0.2) is 0 Å². The van der Waals surface area contributed by atoms with Crippen molar-refractivity contribution in [3.63, 3.8) is 0 Å². The maximum Gasteiger partial charge on any atom is 0.303 e. The van der Waals surface area contributed by atoms with Gasteiger partial charge in [-0.2, -0.15) is 5.26 Å². The Hall–Kier alpha value is -2.88. The Bertz CT molecular complexity index is 994. The van der Waals surface area contributed by atoms with E-state index in [9.17, 15) is 15.2 Å². The average molecular weight is 437 g/mol. The van der Waals surface area contributed by atoms with Crippen LogP contribution in [0, 0.1) is 11.3 Å². The molecule has 0 spiro atoms. The number of fused-ring (bicyclic) bond motifs is 1. The minimum Gasteiger partial charge on any atom is -0.489 e. The maximum atomic E-state index is 10.8. The number of β-amino-alcohol motifs (C(OH)–C–C–N with tert-alkyl or cyclic N) is 1. The summed E-state index contributed by atoms with van der Waals surface area (Å²) >= 11 is 0. The fourth-order valence-corrected chi connectivity index (χ4v) is 4.13. The first-order valence-corrected chi connectivity index (χ1v) is 11.2. The predicted octanol–water partition coefficient (Wildman–Crippen LogP) is 3.41. The van der Waals surface area contributed by atoms with E-state index in [4.69, 9.17) is 9.84 Å². The van der Waals surface area contributed by atoms with Gasteiger partial charge in [0, 0.05) is 18.5 Å². The van der Waals surface area contributed by atoms with E-state index in [0.717, 1.165) is 18.4 Å². The zero-order valence-electron chi connectivity index (χ0n) is 18.9. The van der Waals surface area contributed by atoms with Gasteiger partial charge in [-0.15, -0.1) is 0 Å². The summed E-state index contributed by atoms with van der Waals surface area (Å²) < 4.78 is 5.71. The average Bonchev–Trinajstić information content (AvgIpc) is 3.22. The van der Waals surface area contributed by atoms with Crippen LogP contribution >= 0.6 is 0 Å². The summed E-state index contributed by atoms with van der Waals surface area (Å²) in [7, 11) is 0. The molecular formula is C26H32N2O4. The molecule has 3 N–H and O–H groups in total. The number of ether oxygens (including phenoxy) is 1. The van der Waals surface area contributed by atoms with E-state index >= 15 is 0 Å². The van der Waals surface area contributed by atoms with Gasteiger partial charge in [-0.05, 0) is 80.3 Å². The number of aliphatic hydroxyl groups excluding tert-OH is 1. The Labute approximate surface area is 189 Å². The summed E-state index contributed by atoms with van der Waals surface area (Å²) in [6.45, 7) is 4.64. The summed E-state index contributed by atoms with van der Waals surface area (Å²) in [5.74, 6) is -0.507. The SMILES string of the molecule is CC(C)(Cc1ccc2c(c1)CCC2)NC[C@@H](O)COc1cc(CCC(=O)O)ccc1C#N. The summed E-state index contributed by atoms with van der Waals surface area (Å²) in [5, 5.41) is 32.0. The van der Waals surface area contributed by atoms with E-state index in [2.05, 4.69) is 43.4 Å². The largest absolute Gasteiger partial charge is 0.489 e. The zero-order valence-corrected chi connectivity index (χ0v) is 18.9. The first-order valence-electron chi connectivity index (χ1n) is 11.2. The van der Waals surface area contributed by atoms with Gasteiger partial charge < -0.3 is 20.3 Å². The highest BCUT2D eigenvalue weighted by molar-refractivity contribution is 5.67. The Morgan fingerprint density at radius 2 is 1.94 bits per heavy atom. The molecule has 0 heterocycles. The number of aliphatic hydroxyl groups is 1. The third-order valence-corrected chi connectivity index (χ3v) is 5.85. The second kappa shape index (κ2) is 10.6. The Morgan fingerprint density at radius 3 is 2.69 bits per heavy atom. The third-order valence-electron chi connectivity index (χ3n) is 5.85. The molecule has 1 atom stereocenters. The number of hydrogen-bond donors (Lipinski definition) is 3.